The smallest absolute Gasteiger partial charge is 0.354 e. The fourth-order valence-electron chi connectivity index (χ4n) is 2.84. The lowest BCUT2D eigenvalue weighted by molar-refractivity contribution is 0.0417. The number of hydrogen-bond donors (Lipinski definition) is 1. The number of nitrogens with one attached hydrogen (secondary N) is 1. The summed E-state index contributed by atoms with van der Waals surface area (Å²) in [6.07, 6.45) is 1.39. The Labute approximate surface area is 173 Å². The van der Waals surface area contributed by atoms with Gasteiger partial charge in [-0.1, -0.05) is 23.0 Å². The fraction of sp³-hybridized carbons (Fsp3) is 0.0476. The van der Waals surface area contributed by atoms with Gasteiger partial charge in [0.05, 0.1) is 21.9 Å². The summed E-state index contributed by atoms with van der Waals surface area (Å²) in [6.45, 7) is 1.64. The zero-order chi connectivity index (χ0) is 20.5. The number of halogens is 3. The molecule has 0 amide bonds. The van der Waals surface area contributed by atoms with Crippen LogP contribution < -0.4 is 10.2 Å². The molecular formula is C21H14BrF2N3O2. The van der Waals surface area contributed by atoms with E-state index >= 15 is 4.39 Å². The summed E-state index contributed by atoms with van der Waals surface area (Å²) in [4.78, 5) is 18.3. The lowest BCUT2D eigenvalue weighted by Crippen LogP contribution is -2.21. The van der Waals surface area contributed by atoms with Crippen molar-refractivity contribution in [2.24, 2.45) is 0 Å². The van der Waals surface area contributed by atoms with E-state index in [0.29, 0.717) is 27.9 Å². The molecule has 3 aromatic carbocycles. The highest BCUT2D eigenvalue weighted by atomic mass is 79.9. The number of carbonyl (C=O) groups is 1. The zero-order valence-corrected chi connectivity index (χ0v) is 16.7. The number of fused-ring (bicyclic) bond motifs is 1. The van der Waals surface area contributed by atoms with E-state index in [0.717, 1.165) is 4.85 Å². The first-order chi connectivity index (χ1) is 13.9. The summed E-state index contributed by atoms with van der Waals surface area (Å²) in [7, 11) is 0. The maximum atomic E-state index is 15.1. The first-order valence-corrected chi connectivity index (χ1v) is 9.40. The highest BCUT2D eigenvalue weighted by molar-refractivity contribution is 9.10. The second-order valence-electron chi connectivity index (χ2n) is 6.34. The van der Waals surface area contributed by atoms with Crippen LogP contribution in [0.4, 0.5) is 20.2 Å². The molecule has 1 heterocycles. The Hall–Kier alpha value is -3.26. The molecule has 8 heteroatoms. The highest BCUT2D eigenvalue weighted by Gasteiger charge is 2.19. The summed E-state index contributed by atoms with van der Waals surface area (Å²) in [6, 6.07) is 14.5. The number of carbonyl (C=O) groups excluding carboxylic acids is 1. The van der Waals surface area contributed by atoms with E-state index < -0.39 is 11.8 Å². The Morgan fingerprint density at radius 1 is 1.14 bits per heavy atom. The molecule has 4 rings (SSSR count). The molecule has 4 aromatic rings. The van der Waals surface area contributed by atoms with Crippen LogP contribution in [0.5, 0.6) is 0 Å². The van der Waals surface area contributed by atoms with Crippen molar-refractivity contribution in [1.82, 2.24) is 9.94 Å². The topological polar surface area (TPSA) is 56.1 Å². The van der Waals surface area contributed by atoms with Crippen LogP contribution in [-0.2, 0) is 0 Å². The lowest BCUT2D eigenvalue weighted by atomic mass is 10.2. The summed E-state index contributed by atoms with van der Waals surface area (Å²) in [5, 5.41) is 7.45. The molecule has 0 bridgehead atoms. The van der Waals surface area contributed by atoms with Crippen LogP contribution in [0.2, 0.25) is 0 Å². The van der Waals surface area contributed by atoms with E-state index in [1.54, 1.807) is 55.5 Å². The quantitative estimate of drug-likeness (QED) is 0.445. The standard InChI is InChI=1S/C21H14BrF2N3O2/c1-12-9-15(7-8-16(12)23)26-17-10-14-11-25-27(20(14)19(24)18(17)22)29-21(28)13-5-3-2-4-6-13/h2-11,26H,1H3. The molecule has 0 aliphatic heterocycles. The SMILES string of the molecule is Cc1cc(Nc2cc3cnn(OC(=O)c4ccccc4)c3c(F)c2Br)ccc1F. The molecule has 0 unspecified atom stereocenters. The average Bonchev–Trinajstić information content (AvgIpc) is 3.11. The minimum atomic E-state index is -0.657. The van der Waals surface area contributed by atoms with Crippen LogP contribution in [-0.4, -0.2) is 15.9 Å². The number of anilines is 2. The highest BCUT2D eigenvalue weighted by Crippen LogP contribution is 2.34. The fourth-order valence-corrected chi connectivity index (χ4v) is 3.25. The van der Waals surface area contributed by atoms with Crippen LogP contribution in [0.25, 0.3) is 10.9 Å². The Morgan fingerprint density at radius 2 is 1.90 bits per heavy atom. The summed E-state index contributed by atoms with van der Waals surface area (Å²) in [5.41, 5.74) is 1.83. The molecule has 0 radical (unpaired) electrons. The van der Waals surface area contributed by atoms with E-state index in [1.165, 1.54) is 12.3 Å². The van der Waals surface area contributed by atoms with Crippen molar-refractivity contribution in [3.8, 4) is 0 Å². The predicted octanol–water partition coefficient (Wildman–Crippen LogP) is 5.40. The number of aryl methyl sites for hydroxylation is 1. The van der Waals surface area contributed by atoms with Gasteiger partial charge in [0.2, 0.25) is 0 Å². The molecule has 0 fully saturated rings. The van der Waals surface area contributed by atoms with Crippen LogP contribution in [0.1, 0.15) is 15.9 Å². The summed E-state index contributed by atoms with van der Waals surface area (Å²) < 4.78 is 28.7. The third-order valence-corrected chi connectivity index (χ3v) is 5.09. The van der Waals surface area contributed by atoms with Gasteiger partial charge in [0, 0.05) is 11.1 Å². The minimum Gasteiger partial charge on any atom is -0.354 e. The molecule has 0 aliphatic rings. The van der Waals surface area contributed by atoms with E-state index in [9.17, 15) is 9.18 Å². The molecule has 0 aliphatic carbocycles. The Balaban J connectivity index is 1.68. The van der Waals surface area contributed by atoms with Crippen molar-refractivity contribution in [3.05, 3.63) is 88.0 Å². The zero-order valence-electron chi connectivity index (χ0n) is 15.1. The number of rotatable bonds is 4. The molecule has 29 heavy (non-hydrogen) atoms. The van der Waals surface area contributed by atoms with E-state index in [-0.39, 0.29) is 15.8 Å². The van der Waals surface area contributed by atoms with Gasteiger partial charge in [-0.3, -0.25) is 0 Å². The minimum absolute atomic E-state index is 0.0157. The van der Waals surface area contributed by atoms with Gasteiger partial charge in [-0.25, -0.2) is 13.6 Å². The van der Waals surface area contributed by atoms with Gasteiger partial charge in [0.25, 0.3) is 0 Å². The van der Waals surface area contributed by atoms with Gasteiger partial charge in [-0.2, -0.15) is 0 Å². The molecule has 0 saturated heterocycles. The third-order valence-electron chi connectivity index (χ3n) is 4.32. The normalized spacial score (nSPS) is 10.9. The van der Waals surface area contributed by atoms with Crippen LogP contribution in [0.3, 0.4) is 0 Å². The number of hydrogen-bond acceptors (Lipinski definition) is 4. The summed E-state index contributed by atoms with van der Waals surface area (Å²) in [5.74, 6) is -1.63. The van der Waals surface area contributed by atoms with E-state index in [2.05, 4.69) is 26.3 Å². The largest absolute Gasteiger partial charge is 0.365 e. The van der Waals surface area contributed by atoms with Crippen molar-refractivity contribution >= 4 is 44.2 Å². The molecule has 1 aromatic heterocycles. The molecule has 0 atom stereocenters. The maximum Gasteiger partial charge on any atom is 0.365 e. The number of aromatic nitrogens is 2. The van der Waals surface area contributed by atoms with Crippen molar-refractivity contribution in [1.29, 1.82) is 0 Å². The molecule has 0 saturated carbocycles. The van der Waals surface area contributed by atoms with Gasteiger partial charge >= 0.3 is 5.97 Å². The van der Waals surface area contributed by atoms with Crippen molar-refractivity contribution in [2.45, 2.75) is 6.92 Å². The monoisotopic (exact) mass is 457 g/mol. The van der Waals surface area contributed by atoms with E-state index in [1.807, 2.05) is 0 Å². The Bertz CT molecular complexity index is 1230. The maximum absolute atomic E-state index is 15.1. The Kier molecular flexibility index (Phi) is 5.02. The van der Waals surface area contributed by atoms with Gasteiger partial charge in [0.1, 0.15) is 11.3 Å². The van der Waals surface area contributed by atoms with Gasteiger partial charge in [-0.15, -0.1) is 5.10 Å². The second kappa shape index (κ2) is 7.63. The van der Waals surface area contributed by atoms with Crippen LogP contribution in [0.15, 0.2) is 65.3 Å². The number of benzene rings is 3. The third kappa shape index (κ3) is 3.71. The van der Waals surface area contributed by atoms with Crippen molar-refractivity contribution in [2.75, 3.05) is 5.32 Å². The molecule has 5 nitrogen and oxygen atoms in total. The Morgan fingerprint density at radius 3 is 2.62 bits per heavy atom. The first-order valence-electron chi connectivity index (χ1n) is 8.60. The average molecular weight is 458 g/mol. The summed E-state index contributed by atoms with van der Waals surface area (Å²) >= 11 is 3.23. The first kappa shape index (κ1) is 19.1. The van der Waals surface area contributed by atoms with Gasteiger partial charge in [0.15, 0.2) is 5.82 Å². The predicted molar refractivity (Wildman–Crippen MR) is 109 cm³/mol. The van der Waals surface area contributed by atoms with Crippen molar-refractivity contribution in [3.63, 3.8) is 0 Å². The van der Waals surface area contributed by atoms with Crippen LogP contribution >= 0.6 is 15.9 Å². The second-order valence-corrected chi connectivity index (χ2v) is 7.13. The number of nitrogens with zero attached hydrogens (tertiary/aromatic N) is 2. The van der Waals surface area contributed by atoms with Gasteiger partial charge in [-0.05, 0) is 64.8 Å². The molecule has 0 spiro atoms. The lowest BCUT2D eigenvalue weighted by Gasteiger charge is -2.12. The molecule has 146 valence electrons. The van der Waals surface area contributed by atoms with Crippen LogP contribution in [0, 0.1) is 18.6 Å². The molecule has 1 N–H and O–H groups in total. The molecular weight excluding hydrogens is 444 g/mol. The van der Waals surface area contributed by atoms with E-state index in [4.69, 9.17) is 4.84 Å². The van der Waals surface area contributed by atoms with Crippen molar-refractivity contribution < 1.29 is 18.4 Å². The van der Waals surface area contributed by atoms with Gasteiger partial charge < -0.3 is 10.2 Å².